The summed E-state index contributed by atoms with van der Waals surface area (Å²) < 4.78 is 5.40. The molecule has 0 aliphatic carbocycles. The van der Waals surface area contributed by atoms with E-state index in [1.165, 1.54) is 16.9 Å². The molecule has 3 heteroatoms. The standard InChI is InChI=1S/C15H16O2S/c16-14(15-9-5-11-18-15)12-17-10-4-8-13-6-2-1-3-7-13/h1-3,5-7,9,11H,4,8,10,12H2. The molecule has 18 heavy (non-hydrogen) atoms. The highest BCUT2D eigenvalue weighted by atomic mass is 32.1. The van der Waals surface area contributed by atoms with Crippen molar-refractivity contribution in [2.75, 3.05) is 13.2 Å². The van der Waals surface area contributed by atoms with Gasteiger partial charge in [-0.25, -0.2) is 0 Å². The minimum Gasteiger partial charge on any atom is -0.373 e. The van der Waals surface area contributed by atoms with Gasteiger partial charge < -0.3 is 4.74 Å². The lowest BCUT2D eigenvalue weighted by molar-refractivity contribution is 0.0760. The van der Waals surface area contributed by atoms with Gasteiger partial charge in [0, 0.05) is 6.61 Å². The number of benzene rings is 1. The SMILES string of the molecule is O=C(COCCCc1ccccc1)c1cccs1. The lowest BCUT2D eigenvalue weighted by Gasteiger charge is -2.03. The number of aryl methyl sites for hydroxylation is 1. The number of thiophene rings is 1. The van der Waals surface area contributed by atoms with Gasteiger partial charge in [-0.3, -0.25) is 4.79 Å². The first kappa shape index (κ1) is 13.0. The zero-order chi connectivity index (χ0) is 12.6. The summed E-state index contributed by atoms with van der Waals surface area (Å²) in [6.45, 7) is 0.821. The topological polar surface area (TPSA) is 26.3 Å². The fourth-order valence-corrected chi connectivity index (χ4v) is 2.35. The fraction of sp³-hybridized carbons (Fsp3) is 0.267. The van der Waals surface area contributed by atoms with E-state index in [2.05, 4.69) is 12.1 Å². The number of carbonyl (C=O) groups is 1. The second-order valence-corrected chi connectivity index (χ2v) is 4.99. The van der Waals surface area contributed by atoms with Gasteiger partial charge in [0.1, 0.15) is 6.61 Å². The van der Waals surface area contributed by atoms with Crippen molar-refractivity contribution in [2.24, 2.45) is 0 Å². The maximum absolute atomic E-state index is 11.6. The van der Waals surface area contributed by atoms with E-state index in [0.717, 1.165) is 17.7 Å². The average Bonchev–Trinajstić information content (AvgIpc) is 2.93. The Morgan fingerprint density at radius 2 is 1.94 bits per heavy atom. The summed E-state index contributed by atoms with van der Waals surface area (Å²) >= 11 is 1.46. The first-order valence-electron chi connectivity index (χ1n) is 6.04. The van der Waals surface area contributed by atoms with Crippen molar-refractivity contribution in [3.05, 3.63) is 58.3 Å². The molecule has 0 atom stereocenters. The van der Waals surface area contributed by atoms with Gasteiger partial charge in [0.2, 0.25) is 0 Å². The molecule has 0 aliphatic heterocycles. The van der Waals surface area contributed by atoms with E-state index in [4.69, 9.17) is 4.74 Å². The summed E-state index contributed by atoms with van der Waals surface area (Å²) in [6.07, 6.45) is 1.94. The van der Waals surface area contributed by atoms with E-state index in [-0.39, 0.29) is 12.4 Å². The van der Waals surface area contributed by atoms with Crippen molar-refractivity contribution in [3.8, 4) is 0 Å². The summed E-state index contributed by atoms with van der Waals surface area (Å²) in [5.41, 5.74) is 1.31. The molecular weight excluding hydrogens is 244 g/mol. The van der Waals surface area contributed by atoms with Crippen molar-refractivity contribution in [3.63, 3.8) is 0 Å². The molecule has 0 N–H and O–H groups in total. The van der Waals surface area contributed by atoms with Crippen LogP contribution in [0.25, 0.3) is 0 Å². The highest BCUT2D eigenvalue weighted by Gasteiger charge is 2.05. The Labute approximate surface area is 111 Å². The van der Waals surface area contributed by atoms with Crippen LogP contribution in [0.15, 0.2) is 47.8 Å². The Morgan fingerprint density at radius 3 is 2.67 bits per heavy atom. The molecule has 1 aromatic carbocycles. The molecule has 1 aromatic heterocycles. The first-order valence-corrected chi connectivity index (χ1v) is 6.92. The summed E-state index contributed by atoms with van der Waals surface area (Å²) in [4.78, 5) is 12.4. The Morgan fingerprint density at radius 1 is 1.11 bits per heavy atom. The van der Waals surface area contributed by atoms with Crippen molar-refractivity contribution in [2.45, 2.75) is 12.8 Å². The number of hydrogen-bond acceptors (Lipinski definition) is 3. The highest BCUT2D eigenvalue weighted by Crippen LogP contribution is 2.09. The minimum absolute atomic E-state index is 0.0738. The van der Waals surface area contributed by atoms with Crippen LogP contribution in [0, 0.1) is 0 Å². The molecule has 0 unspecified atom stereocenters. The predicted octanol–water partition coefficient (Wildman–Crippen LogP) is 3.58. The average molecular weight is 260 g/mol. The Bertz CT molecular complexity index is 463. The third kappa shape index (κ3) is 4.09. The van der Waals surface area contributed by atoms with Gasteiger partial charge in [-0.1, -0.05) is 36.4 Å². The number of carbonyl (C=O) groups excluding carboxylic acids is 1. The maximum atomic E-state index is 11.6. The van der Waals surface area contributed by atoms with Gasteiger partial charge in [0.05, 0.1) is 4.88 Å². The van der Waals surface area contributed by atoms with E-state index < -0.39 is 0 Å². The molecule has 0 amide bonds. The Balaban J connectivity index is 1.61. The third-order valence-electron chi connectivity index (χ3n) is 2.63. The molecule has 0 radical (unpaired) electrons. The predicted molar refractivity (Wildman–Crippen MR) is 74.2 cm³/mol. The summed E-state index contributed by atoms with van der Waals surface area (Å²) in [5, 5.41) is 1.91. The van der Waals surface area contributed by atoms with Crippen LogP contribution < -0.4 is 0 Å². The summed E-state index contributed by atoms with van der Waals surface area (Å²) in [7, 11) is 0. The molecule has 2 rings (SSSR count). The number of hydrogen-bond donors (Lipinski definition) is 0. The summed E-state index contributed by atoms with van der Waals surface area (Å²) in [6, 6.07) is 14.0. The molecule has 0 saturated heterocycles. The second-order valence-electron chi connectivity index (χ2n) is 4.04. The molecule has 0 aliphatic rings. The largest absolute Gasteiger partial charge is 0.373 e. The van der Waals surface area contributed by atoms with E-state index in [0.29, 0.717) is 6.61 Å². The van der Waals surface area contributed by atoms with Gasteiger partial charge >= 0.3 is 0 Å². The number of ketones is 1. The van der Waals surface area contributed by atoms with Crippen LogP contribution in [0.3, 0.4) is 0 Å². The molecule has 2 nitrogen and oxygen atoms in total. The Hall–Kier alpha value is -1.45. The lowest BCUT2D eigenvalue weighted by atomic mass is 10.1. The highest BCUT2D eigenvalue weighted by molar-refractivity contribution is 7.12. The van der Waals surface area contributed by atoms with E-state index in [9.17, 15) is 4.79 Å². The van der Waals surface area contributed by atoms with Crippen LogP contribution in [0.2, 0.25) is 0 Å². The molecule has 0 spiro atoms. The van der Waals surface area contributed by atoms with Crippen molar-refractivity contribution < 1.29 is 9.53 Å². The molecule has 2 aromatic rings. The van der Waals surface area contributed by atoms with Crippen LogP contribution in [-0.4, -0.2) is 19.0 Å². The van der Waals surface area contributed by atoms with Crippen molar-refractivity contribution >= 4 is 17.1 Å². The maximum Gasteiger partial charge on any atom is 0.198 e. The van der Waals surface area contributed by atoms with Gasteiger partial charge in [0.15, 0.2) is 5.78 Å². The van der Waals surface area contributed by atoms with Crippen LogP contribution >= 0.6 is 11.3 Å². The molecule has 94 valence electrons. The number of rotatable bonds is 7. The third-order valence-corrected chi connectivity index (χ3v) is 3.54. The molecular formula is C15H16O2S. The van der Waals surface area contributed by atoms with E-state index in [1.54, 1.807) is 0 Å². The van der Waals surface area contributed by atoms with Gasteiger partial charge in [-0.2, -0.15) is 0 Å². The van der Waals surface area contributed by atoms with Crippen LogP contribution in [0.4, 0.5) is 0 Å². The van der Waals surface area contributed by atoms with Gasteiger partial charge in [-0.05, 0) is 29.9 Å². The Kier molecular flexibility index (Phi) is 5.12. The minimum atomic E-state index is 0.0738. The zero-order valence-electron chi connectivity index (χ0n) is 10.2. The van der Waals surface area contributed by atoms with E-state index in [1.807, 2.05) is 35.7 Å². The summed E-state index contributed by atoms with van der Waals surface area (Å²) in [5.74, 6) is 0.0738. The van der Waals surface area contributed by atoms with Crippen molar-refractivity contribution in [1.82, 2.24) is 0 Å². The molecule has 0 fully saturated rings. The fourth-order valence-electron chi connectivity index (χ4n) is 1.70. The lowest BCUT2D eigenvalue weighted by Crippen LogP contribution is -2.08. The van der Waals surface area contributed by atoms with Crippen LogP contribution in [-0.2, 0) is 11.2 Å². The van der Waals surface area contributed by atoms with Gasteiger partial charge in [-0.15, -0.1) is 11.3 Å². The second kappa shape index (κ2) is 7.09. The monoisotopic (exact) mass is 260 g/mol. The number of ether oxygens (including phenoxy) is 1. The smallest absolute Gasteiger partial charge is 0.198 e. The first-order chi connectivity index (χ1) is 8.86. The molecule has 0 saturated carbocycles. The van der Waals surface area contributed by atoms with Gasteiger partial charge in [0.25, 0.3) is 0 Å². The van der Waals surface area contributed by atoms with Crippen molar-refractivity contribution in [1.29, 1.82) is 0 Å². The normalized spacial score (nSPS) is 10.4. The molecule has 1 heterocycles. The van der Waals surface area contributed by atoms with E-state index >= 15 is 0 Å². The van der Waals surface area contributed by atoms with Crippen LogP contribution in [0.5, 0.6) is 0 Å². The number of Topliss-reactive ketones (excluding diaryl/α,β-unsaturated/α-hetero) is 1. The molecule has 0 bridgehead atoms. The quantitative estimate of drug-likeness (QED) is 0.562. The van der Waals surface area contributed by atoms with Crippen LogP contribution in [0.1, 0.15) is 21.7 Å². The zero-order valence-corrected chi connectivity index (χ0v) is 11.0.